The van der Waals surface area contributed by atoms with E-state index in [1.807, 2.05) is 4.90 Å². The van der Waals surface area contributed by atoms with Crippen LogP contribution in [-0.4, -0.2) is 61.4 Å². The molecule has 0 unspecified atom stereocenters. The summed E-state index contributed by atoms with van der Waals surface area (Å²) in [5.74, 6) is -0.412. The standard InChI is InChI=1S/C24H21F2N7O/c1-14-5-6-18(33-28-8-9-29-33)21(22(14)26)24(34)31-10-7-15-12-32(19(15)13-31)20-11-27-17-4-2-3-16(25)23(17)30-20/h2-6,8-9,11,15,19H,7,10,12-13H2,1H3/t15-,19+/m0/s1. The van der Waals surface area contributed by atoms with Gasteiger partial charge in [0.1, 0.15) is 28.4 Å². The zero-order valence-electron chi connectivity index (χ0n) is 18.4. The van der Waals surface area contributed by atoms with E-state index >= 15 is 4.39 Å². The fourth-order valence-corrected chi connectivity index (χ4v) is 4.91. The second-order valence-electron chi connectivity index (χ2n) is 8.76. The van der Waals surface area contributed by atoms with Crippen LogP contribution in [0.15, 0.2) is 48.9 Å². The lowest BCUT2D eigenvalue weighted by atomic mass is 9.82. The highest BCUT2D eigenvalue weighted by Crippen LogP contribution is 2.37. The number of hydrogen-bond acceptors (Lipinski definition) is 6. The number of nitrogens with zero attached hydrogens (tertiary/aromatic N) is 7. The summed E-state index contributed by atoms with van der Waals surface area (Å²) < 4.78 is 29.4. The summed E-state index contributed by atoms with van der Waals surface area (Å²) in [4.78, 5) is 27.4. The lowest BCUT2D eigenvalue weighted by Gasteiger charge is -2.53. The van der Waals surface area contributed by atoms with Crippen molar-refractivity contribution in [2.24, 2.45) is 5.92 Å². The van der Waals surface area contributed by atoms with Crippen LogP contribution in [0.3, 0.4) is 0 Å². The van der Waals surface area contributed by atoms with E-state index < -0.39 is 17.5 Å². The first kappa shape index (κ1) is 20.6. The summed E-state index contributed by atoms with van der Waals surface area (Å²) in [5, 5.41) is 8.16. The van der Waals surface area contributed by atoms with Gasteiger partial charge in [-0.15, -0.1) is 0 Å². The van der Waals surface area contributed by atoms with Crippen LogP contribution in [0.5, 0.6) is 0 Å². The fraction of sp³-hybridized carbons (Fsp3) is 0.292. The minimum atomic E-state index is -0.566. The fourth-order valence-electron chi connectivity index (χ4n) is 4.91. The second kappa shape index (κ2) is 7.82. The van der Waals surface area contributed by atoms with Gasteiger partial charge in [0.2, 0.25) is 0 Å². The molecule has 2 atom stereocenters. The number of fused-ring (bicyclic) bond motifs is 2. The number of rotatable bonds is 3. The van der Waals surface area contributed by atoms with Crippen LogP contribution in [0, 0.1) is 24.5 Å². The molecule has 2 fully saturated rings. The minimum absolute atomic E-state index is 0.00960. The predicted molar refractivity (Wildman–Crippen MR) is 121 cm³/mol. The number of anilines is 1. The molecule has 6 rings (SSSR count). The molecule has 0 bridgehead atoms. The van der Waals surface area contributed by atoms with E-state index in [1.54, 1.807) is 42.3 Å². The van der Waals surface area contributed by atoms with Crippen molar-refractivity contribution in [2.45, 2.75) is 19.4 Å². The van der Waals surface area contributed by atoms with Gasteiger partial charge in [-0.25, -0.2) is 13.8 Å². The van der Waals surface area contributed by atoms with Crippen LogP contribution < -0.4 is 4.90 Å². The molecule has 2 aromatic heterocycles. The number of benzene rings is 2. The van der Waals surface area contributed by atoms with E-state index in [0.717, 1.165) is 13.0 Å². The summed E-state index contributed by atoms with van der Waals surface area (Å²) in [6.45, 7) is 3.34. The first-order valence-corrected chi connectivity index (χ1v) is 11.1. The molecule has 0 aliphatic carbocycles. The van der Waals surface area contributed by atoms with Gasteiger partial charge >= 0.3 is 0 Å². The van der Waals surface area contributed by atoms with E-state index in [2.05, 4.69) is 20.2 Å². The molecule has 2 aromatic carbocycles. The molecule has 0 saturated carbocycles. The summed E-state index contributed by atoms with van der Waals surface area (Å²) in [5.41, 5.74) is 1.38. The summed E-state index contributed by atoms with van der Waals surface area (Å²) in [6.07, 6.45) is 5.40. The Kier molecular flexibility index (Phi) is 4.75. The molecule has 2 saturated heterocycles. The number of aromatic nitrogens is 5. The lowest BCUT2D eigenvalue weighted by Crippen LogP contribution is -2.65. The Balaban J connectivity index is 1.29. The molecule has 0 N–H and O–H groups in total. The quantitative estimate of drug-likeness (QED) is 0.466. The van der Waals surface area contributed by atoms with Crippen LogP contribution in [0.1, 0.15) is 22.3 Å². The normalized spacial score (nSPS) is 19.7. The number of carbonyl (C=O) groups excluding carboxylic acids is 1. The smallest absolute Gasteiger partial charge is 0.259 e. The molecule has 4 aromatic rings. The maximum Gasteiger partial charge on any atom is 0.259 e. The third-order valence-corrected chi connectivity index (χ3v) is 6.81. The van der Waals surface area contributed by atoms with Crippen molar-refractivity contribution in [3.63, 3.8) is 0 Å². The van der Waals surface area contributed by atoms with Crippen LogP contribution in [0.25, 0.3) is 16.7 Å². The van der Waals surface area contributed by atoms with Crippen LogP contribution in [0.2, 0.25) is 0 Å². The van der Waals surface area contributed by atoms with Crippen LogP contribution in [0.4, 0.5) is 14.6 Å². The summed E-state index contributed by atoms with van der Waals surface area (Å²) >= 11 is 0. The number of piperidine rings is 1. The van der Waals surface area contributed by atoms with Gasteiger partial charge in [-0.05, 0) is 37.1 Å². The van der Waals surface area contributed by atoms with Gasteiger partial charge in [0.15, 0.2) is 5.82 Å². The Labute approximate surface area is 193 Å². The van der Waals surface area contributed by atoms with Crippen molar-refractivity contribution < 1.29 is 13.6 Å². The molecular weight excluding hydrogens is 440 g/mol. The van der Waals surface area contributed by atoms with Gasteiger partial charge in [-0.2, -0.15) is 15.0 Å². The zero-order chi connectivity index (χ0) is 23.4. The molecule has 2 aliphatic heterocycles. The molecular formula is C24H21F2N7O. The molecule has 1 amide bonds. The van der Waals surface area contributed by atoms with Gasteiger partial charge in [0.25, 0.3) is 5.91 Å². The molecule has 4 heterocycles. The first-order valence-electron chi connectivity index (χ1n) is 11.1. The van der Waals surface area contributed by atoms with Gasteiger partial charge in [0, 0.05) is 25.6 Å². The van der Waals surface area contributed by atoms with Crippen molar-refractivity contribution in [1.29, 1.82) is 0 Å². The van der Waals surface area contributed by atoms with E-state index in [-0.39, 0.29) is 17.1 Å². The van der Waals surface area contributed by atoms with E-state index in [9.17, 15) is 9.18 Å². The van der Waals surface area contributed by atoms with Crippen LogP contribution in [-0.2, 0) is 0 Å². The van der Waals surface area contributed by atoms with Crippen molar-refractivity contribution in [2.75, 3.05) is 24.5 Å². The summed E-state index contributed by atoms with van der Waals surface area (Å²) in [6, 6.07) is 7.97. The Bertz CT molecular complexity index is 1410. The monoisotopic (exact) mass is 461 g/mol. The highest BCUT2D eigenvalue weighted by Gasteiger charge is 2.45. The summed E-state index contributed by atoms with van der Waals surface area (Å²) in [7, 11) is 0. The molecule has 34 heavy (non-hydrogen) atoms. The van der Waals surface area contributed by atoms with Crippen molar-refractivity contribution in [1.82, 2.24) is 29.9 Å². The maximum absolute atomic E-state index is 15.2. The molecule has 10 heteroatoms. The van der Waals surface area contributed by atoms with Gasteiger partial charge < -0.3 is 9.80 Å². The topological polar surface area (TPSA) is 80.0 Å². The Morgan fingerprint density at radius 3 is 2.74 bits per heavy atom. The number of carbonyl (C=O) groups is 1. The van der Waals surface area contributed by atoms with E-state index in [4.69, 9.17) is 0 Å². The average Bonchev–Trinajstić information content (AvgIpc) is 3.36. The Morgan fingerprint density at radius 2 is 1.91 bits per heavy atom. The highest BCUT2D eigenvalue weighted by atomic mass is 19.1. The van der Waals surface area contributed by atoms with E-state index in [0.29, 0.717) is 41.6 Å². The number of halogens is 2. The van der Waals surface area contributed by atoms with Crippen molar-refractivity contribution in [3.05, 3.63) is 71.7 Å². The van der Waals surface area contributed by atoms with E-state index in [1.165, 1.54) is 23.3 Å². The molecule has 0 spiro atoms. The second-order valence-corrected chi connectivity index (χ2v) is 8.76. The van der Waals surface area contributed by atoms with Crippen LogP contribution >= 0.6 is 0 Å². The minimum Gasteiger partial charge on any atom is -0.350 e. The number of para-hydroxylation sites is 1. The van der Waals surface area contributed by atoms with Crippen molar-refractivity contribution >= 4 is 22.8 Å². The first-order chi connectivity index (χ1) is 16.5. The predicted octanol–water partition coefficient (Wildman–Crippen LogP) is 3.15. The number of hydrogen-bond donors (Lipinski definition) is 0. The highest BCUT2D eigenvalue weighted by molar-refractivity contribution is 5.98. The lowest BCUT2D eigenvalue weighted by molar-refractivity contribution is 0.0586. The Hall–Kier alpha value is -3.95. The molecule has 2 aliphatic rings. The zero-order valence-corrected chi connectivity index (χ0v) is 18.4. The largest absolute Gasteiger partial charge is 0.350 e. The SMILES string of the molecule is Cc1ccc(-n2nccn2)c(C(=O)N2CC[C@H]3CN(c4cnc5cccc(F)c5n4)[C@@H]3C2)c1F. The van der Waals surface area contributed by atoms with Crippen molar-refractivity contribution in [3.8, 4) is 5.69 Å². The number of amides is 1. The maximum atomic E-state index is 15.2. The molecule has 8 nitrogen and oxygen atoms in total. The third-order valence-electron chi connectivity index (χ3n) is 6.81. The number of aryl methyl sites for hydroxylation is 1. The average molecular weight is 461 g/mol. The molecule has 172 valence electrons. The van der Waals surface area contributed by atoms with Gasteiger partial charge in [-0.1, -0.05) is 12.1 Å². The third kappa shape index (κ3) is 3.20. The Morgan fingerprint density at radius 1 is 1.09 bits per heavy atom. The van der Waals surface area contributed by atoms with Gasteiger partial charge in [-0.3, -0.25) is 9.78 Å². The van der Waals surface area contributed by atoms with Gasteiger partial charge in [0.05, 0.1) is 30.1 Å². The molecule has 0 radical (unpaired) electrons. The number of likely N-dealkylation sites (tertiary alicyclic amines) is 1.